The van der Waals surface area contributed by atoms with Gasteiger partial charge in [-0.25, -0.2) is 4.98 Å². The lowest BCUT2D eigenvalue weighted by Crippen LogP contribution is -2.35. The molecule has 0 saturated heterocycles. The minimum Gasteiger partial charge on any atom is -0.468 e. The van der Waals surface area contributed by atoms with Crippen LogP contribution in [0.1, 0.15) is 10.4 Å². The number of hydrogen-bond donors (Lipinski definition) is 1. The van der Waals surface area contributed by atoms with Crippen LogP contribution in [0.5, 0.6) is 0 Å². The smallest absolute Gasteiger partial charge is 0.321 e. The van der Waals surface area contributed by atoms with Crippen LogP contribution in [0.4, 0.5) is 0 Å². The molecule has 0 bridgehead atoms. The normalized spacial score (nSPS) is 11.7. The molecule has 1 N–H and O–H groups in total. The van der Waals surface area contributed by atoms with Crippen LogP contribution < -0.4 is 5.32 Å². The number of nitrogens with zero attached hydrogens (tertiary/aromatic N) is 1. The molecule has 0 spiro atoms. The topological polar surface area (TPSA) is 68.3 Å². The van der Waals surface area contributed by atoms with Gasteiger partial charge in [0.15, 0.2) is 4.34 Å². The Balaban J connectivity index is 1.96. The van der Waals surface area contributed by atoms with Crippen LogP contribution in [0.25, 0.3) is 0 Å². The predicted molar refractivity (Wildman–Crippen MR) is 82.6 cm³/mol. The van der Waals surface area contributed by atoms with Gasteiger partial charge in [0.2, 0.25) is 0 Å². The van der Waals surface area contributed by atoms with Crippen molar-refractivity contribution in [2.24, 2.45) is 0 Å². The fourth-order valence-corrected chi connectivity index (χ4v) is 3.39. The third-order valence-electron chi connectivity index (χ3n) is 2.60. The van der Waals surface area contributed by atoms with Gasteiger partial charge in [-0.05, 0) is 12.1 Å². The van der Waals surface area contributed by atoms with Gasteiger partial charge < -0.3 is 10.1 Å². The second kappa shape index (κ2) is 7.80. The van der Waals surface area contributed by atoms with Crippen molar-refractivity contribution < 1.29 is 14.3 Å². The van der Waals surface area contributed by atoms with Gasteiger partial charge in [0.05, 0.1) is 7.11 Å². The van der Waals surface area contributed by atoms with Gasteiger partial charge in [0.25, 0.3) is 5.91 Å². The molecule has 1 atom stereocenters. The number of amides is 1. The maximum atomic E-state index is 12.0. The Kier molecular flexibility index (Phi) is 5.77. The molecule has 2 rings (SSSR count). The van der Waals surface area contributed by atoms with Crippen molar-refractivity contribution in [3.63, 3.8) is 0 Å². The van der Waals surface area contributed by atoms with Crippen molar-refractivity contribution in [3.8, 4) is 0 Å². The molecule has 7 heteroatoms. The van der Waals surface area contributed by atoms with Crippen molar-refractivity contribution in [1.29, 1.82) is 0 Å². The number of methoxy groups -OCH3 is 1. The van der Waals surface area contributed by atoms with Crippen LogP contribution in [0.15, 0.2) is 46.2 Å². The molecule has 0 aliphatic rings. The van der Waals surface area contributed by atoms with Crippen LogP contribution in [0.2, 0.25) is 0 Å². The van der Waals surface area contributed by atoms with Crippen molar-refractivity contribution in [3.05, 3.63) is 47.5 Å². The number of thiazole rings is 1. The summed E-state index contributed by atoms with van der Waals surface area (Å²) < 4.78 is 5.53. The summed E-state index contributed by atoms with van der Waals surface area (Å²) >= 11 is 2.72. The van der Waals surface area contributed by atoms with Crippen LogP contribution in [-0.4, -0.2) is 35.8 Å². The maximum Gasteiger partial charge on any atom is 0.321 e. The number of aromatic nitrogens is 1. The molecule has 0 fully saturated rings. The number of hydrogen-bond acceptors (Lipinski definition) is 6. The molecule has 1 aromatic carbocycles. The maximum absolute atomic E-state index is 12.0. The van der Waals surface area contributed by atoms with Crippen molar-refractivity contribution >= 4 is 35.0 Å². The quantitative estimate of drug-likeness (QED) is 0.652. The number of thioether (sulfide) groups is 1. The first kappa shape index (κ1) is 15.5. The number of carbonyl (C=O) groups is 2. The zero-order valence-electron chi connectivity index (χ0n) is 11.3. The number of carbonyl (C=O) groups excluding carboxylic acids is 2. The molecule has 0 saturated carbocycles. The first-order valence-corrected chi connectivity index (χ1v) is 7.94. The minimum atomic E-state index is -0.520. The van der Waals surface area contributed by atoms with Crippen LogP contribution in [-0.2, 0) is 9.53 Å². The SMILES string of the molecule is COC(=O)[C@H](CNC(=O)c1ccccc1)Sc1nccs1. The number of rotatable bonds is 6. The van der Waals surface area contributed by atoms with E-state index in [2.05, 4.69) is 10.3 Å². The fraction of sp³-hybridized carbons (Fsp3) is 0.214. The first-order valence-electron chi connectivity index (χ1n) is 6.18. The summed E-state index contributed by atoms with van der Waals surface area (Å²) in [7, 11) is 1.33. The van der Waals surface area contributed by atoms with Crippen molar-refractivity contribution in [2.75, 3.05) is 13.7 Å². The van der Waals surface area contributed by atoms with E-state index in [0.717, 1.165) is 4.34 Å². The van der Waals surface area contributed by atoms with Crippen LogP contribution in [0, 0.1) is 0 Å². The van der Waals surface area contributed by atoms with Gasteiger partial charge in [0.1, 0.15) is 5.25 Å². The lowest BCUT2D eigenvalue weighted by Gasteiger charge is -2.13. The lowest BCUT2D eigenvalue weighted by atomic mass is 10.2. The van der Waals surface area contributed by atoms with Gasteiger partial charge in [-0.2, -0.15) is 0 Å². The van der Waals surface area contributed by atoms with E-state index in [0.29, 0.717) is 5.56 Å². The van der Waals surface area contributed by atoms with Crippen LogP contribution >= 0.6 is 23.1 Å². The first-order chi connectivity index (χ1) is 10.2. The summed E-state index contributed by atoms with van der Waals surface area (Å²) in [5, 5.41) is 4.06. The van der Waals surface area contributed by atoms with Gasteiger partial charge in [-0.3, -0.25) is 9.59 Å². The summed E-state index contributed by atoms with van der Waals surface area (Å²) in [6.07, 6.45) is 1.67. The number of benzene rings is 1. The second-order valence-electron chi connectivity index (χ2n) is 4.00. The zero-order valence-corrected chi connectivity index (χ0v) is 12.9. The molecule has 1 aromatic heterocycles. The van der Waals surface area contributed by atoms with Gasteiger partial charge in [0, 0.05) is 23.7 Å². The molecule has 1 amide bonds. The highest BCUT2D eigenvalue weighted by Gasteiger charge is 2.22. The molecule has 5 nitrogen and oxygen atoms in total. The van der Waals surface area contributed by atoms with E-state index in [4.69, 9.17) is 4.74 Å². The molecule has 110 valence electrons. The molecule has 1 heterocycles. The Labute approximate surface area is 130 Å². The average molecular weight is 322 g/mol. The highest BCUT2D eigenvalue weighted by atomic mass is 32.2. The Morgan fingerprint density at radius 1 is 1.38 bits per heavy atom. The van der Waals surface area contributed by atoms with Crippen molar-refractivity contribution in [1.82, 2.24) is 10.3 Å². The largest absolute Gasteiger partial charge is 0.468 e. The Bertz CT molecular complexity index is 588. The van der Waals surface area contributed by atoms with E-state index in [9.17, 15) is 9.59 Å². The number of esters is 1. The fourth-order valence-electron chi connectivity index (χ4n) is 1.57. The third kappa shape index (κ3) is 4.57. The van der Waals surface area contributed by atoms with Crippen molar-refractivity contribution in [2.45, 2.75) is 9.59 Å². The minimum absolute atomic E-state index is 0.185. The predicted octanol–water partition coefficient (Wildman–Crippen LogP) is 2.21. The summed E-state index contributed by atoms with van der Waals surface area (Å²) in [5.41, 5.74) is 0.556. The second-order valence-corrected chi connectivity index (χ2v) is 6.35. The highest BCUT2D eigenvalue weighted by Crippen LogP contribution is 2.25. The summed E-state index contributed by atoms with van der Waals surface area (Å²) in [6, 6.07) is 8.85. The Morgan fingerprint density at radius 2 is 2.14 bits per heavy atom. The Hall–Kier alpha value is -1.86. The van der Waals surface area contributed by atoms with Gasteiger partial charge in [-0.1, -0.05) is 30.0 Å². The molecular formula is C14H14N2O3S2. The molecule has 2 aromatic rings. The standard InChI is InChI=1S/C14H14N2O3S2/c1-19-13(18)11(21-14-15-7-8-20-14)9-16-12(17)10-5-3-2-4-6-10/h2-8,11H,9H2,1H3,(H,16,17)/t11-/m0/s1. The zero-order chi connectivity index (χ0) is 15.1. The monoisotopic (exact) mass is 322 g/mol. The summed E-state index contributed by atoms with van der Waals surface area (Å²) in [6.45, 7) is 0.185. The van der Waals surface area contributed by atoms with E-state index >= 15 is 0 Å². The average Bonchev–Trinajstić information content (AvgIpc) is 3.04. The van der Waals surface area contributed by atoms with Gasteiger partial charge in [-0.15, -0.1) is 11.3 Å². The summed E-state index contributed by atoms with van der Waals surface area (Å²) in [4.78, 5) is 27.9. The van der Waals surface area contributed by atoms with Gasteiger partial charge >= 0.3 is 5.97 Å². The summed E-state index contributed by atoms with van der Waals surface area (Å²) in [5.74, 6) is -0.604. The van der Waals surface area contributed by atoms with E-state index in [1.54, 1.807) is 30.5 Å². The van der Waals surface area contributed by atoms with Crippen LogP contribution in [0.3, 0.4) is 0 Å². The molecule has 0 radical (unpaired) electrons. The molecular weight excluding hydrogens is 308 g/mol. The third-order valence-corrected chi connectivity index (χ3v) is 4.69. The number of ether oxygens (including phenoxy) is 1. The Morgan fingerprint density at radius 3 is 2.76 bits per heavy atom. The molecule has 0 aliphatic heterocycles. The van der Waals surface area contributed by atoms with E-state index in [-0.39, 0.29) is 18.4 Å². The highest BCUT2D eigenvalue weighted by molar-refractivity contribution is 8.02. The molecule has 0 aliphatic carbocycles. The number of nitrogens with one attached hydrogen (secondary N) is 1. The van der Waals surface area contributed by atoms with E-state index < -0.39 is 5.25 Å². The molecule has 21 heavy (non-hydrogen) atoms. The van der Waals surface area contributed by atoms with E-state index in [1.165, 1.54) is 30.2 Å². The molecule has 0 unspecified atom stereocenters. The lowest BCUT2D eigenvalue weighted by molar-refractivity contribution is -0.139. The van der Waals surface area contributed by atoms with E-state index in [1.807, 2.05) is 11.4 Å².